The molecule has 7 heteroatoms. The molecule has 0 bridgehead atoms. The van der Waals surface area contributed by atoms with Crippen LogP contribution in [0.2, 0.25) is 10.0 Å². The normalized spacial score (nSPS) is 11.4. The van der Waals surface area contributed by atoms with Crippen molar-refractivity contribution in [3.63, 3.8) is 0 Å². The molecule has 0 aliphatic rings. The molecular weight excluding hydrogens is 333 g/mol. The Kier molecular flexibility index (Phi) is 4.66. The minimum absolute atomic E-state index is 0.00481. The zero-order valence-electron chi connectivity index (χ0n) is 11.1. The number of hydrogen-bond acceptors (Lipinski definition) is 3. The quantitative estimate of drug-likeness (QED) is 0.913. The van der Waals surface area contributed by atoms with E-state index in [1.54, 1.807) is 19.1 Å². The van der Waals surface area contributed by atoms with Crippen LogP contribution < -0.4 is 4.31 Å². The Balaban J connectivity index is 2.54. The molecule has 0 radical (unpaired) electrons. The summed E-state index contributed by atoms with van der Waals surface area (Å²) in [7, 11) is -3.81. The van der Waals surface area contributed by atoms with Gasteiger partial charge in [-0.05, 0) is 37.3 Å². The predicted molar refractivity (Wildman–Crippen MR) is 84.8 cm³/mol. The summed E-state index contributed by atoms with van der Waals surface area (Å²) in [6, 6.07) is 10.2. The maximum atomic E-state index is 12.7. The zero-order valence-corrected chi connectivity index (χ0v) is 13.5. The van der Waals surface area contributed by atoms with Crippen molar-refractivity contribution in [1.82, 2.24) is 0 Å². The van der Waals surface area contributed by atoms with Crippen LogP contribution in [0.15, 0.2) is 47.4 Å². The smallest absolute Gasteiger partial charge is 0.264 e. The lowest BCUT2D eigenvalue weighted by Gasteiger charge is -2.23. The number of phenolic OH excluding ortho intramolecular Hbond substituents is 1. The van der Waals surface area contributed by atoms with E-state index in [1.165, 1.54) is 34.6 Å². The van der Waals surface area contributed by atoms with Crippen LogP contribution >= 0.6 is 23.2 Å². The van der Waals surface area contributed by atoms with E-state index in [2.05, 4.69) is 0 Å². The lowest BCUT2D eigenvalue weighted by Crippen LogP contribution is -2.30. The molecule has 0 aliphatic heterocycles. The van der Waals surface area contributed by atoms with Crippen molar-refractivity contribution in [3.8, 4) is 5.75 Å². The highest BCUT2D eigenvalue weighted by Gasteiger charge is 2.24. The van der Waals surface area contributed by atoms with E-state index >= 15 is 0 Å². The number of hydrogen-bond donors (Lipinski definition) is 1. The molecule has 0 aliphatic carbocycles. The van der Waals surface area contributed by atoms with Gasteiger partial charge in [0.25, 0.3) is 10.0 Å². The number of phenols is 1. The highest BCUT2D eigenvalue weighted by molar-refractivity contribution is 7.92. The van der Waals surface area contributed by atoms with Crippen molar-refractivity contribution in [2.45, 2.75) is 11.8 Å². The molecule has 112 valence electrons. The van der Waals surface area contributed by atoms with Crippen LogP contribution in [0, 0.1) is 0 Å². The maximum absolute atomic E-state index is 12.7. The SMILES string of the molecule is CCN(c1cccc(O)c1)S(=O)(=O)c1cc(Cl)cc(Cl)c1. The first-order valence-electron chi connectivity index (χ1n) is 6.12. The Morgan fingerprint density at radius 3 is 2.24 bits per heavy atom. The molecule has 21 heavy (non-hydrogen) atoms. The number of anilines is 1. The van der Waals surface area contributed by atoms with E-state index in [1.807, 2.05) is 0 Å². The van der Waals surface area contributed by atoms with Gasteiger partial charge in [-0.3, -0.25) is 4.31 Å². The number of sulfonamides is 1. The first-order valence-corrected chi connectivity index (χ1v) is 8.32. The van der Waals surface area contributed by atoms with Gasteiger partial charge in [-0.2, -0.15) is 0 Å². The van der Waals surface area contributed by atoms with Crippen molar-refractivity contribution in [2.24, 2.45) is 0 Å². The number of benzene rings is 2. The highest BCUT2D eigenvalue weighted by atomic mass is 35.5. The van der Waals surface area contributed by atoms with Gasteiger partial charge >= 0.3 is 0 Å². The molecule has 0 fully saturated rings. The van der Waals surface area contributed by atoms with Gasteiger partial charge in [-0.1, -0.05) is 29.3 Å². The fraction of sp³-hybridized carbons (Fsp3) is 0.143. The summed E-state index contributed by atoms with van der Waals surface area (Å²) in [5.74, 6) is -0.00900. The molecule has 0 aromatic heterocycles. The van der Waals surface area contributed by atoms with E-state index in [9.17, 15) is 13.5 Å². The lowest BCUT2D eigenvalue weighted by atomic mass is 10.3. The van der Waals surface area contributed by atoms with Crippen LogP contribution in [0.5, 0.6) is 5.75 Å². The van der Waals surface area contributed by atoms with Gasteiger partial charge in [0, 0.05) is 22.7 Å². The number of nitrogens with zero attached hydrogens (tertiary/aromatic N) is 1. The fourth-order valence-corrected chi connectivity index (χ4v) is 4.14. The predicted octanol–water partition coefficient (Wildman–Crippen LogP) is 3.91. The van der Waals surface area contributed by atoms with E-state index in [0.29, 0.717) is 5.69 Å². The van der Waals surface area contributed by atoms with Gasteiger partial charge in [-0.15, -0.1) is 0 Å². The summed E-state index contributed by atoms with van der Waals surface area (Å²) >= 11 is 11.7. The molecule has 0 atom stereocenters. The Morgan fingerprint density at radius 1 is 1.10 bits per heavy atom. The minimum atomic E-state index is -3.81. The molecule has 2 aromatic carbocycles. The summed E-state index contributed by atoms with van der Waals surface area (Å²) in [4.78, 5) is 0.00481. The second kappa shape index (κ2) is 6.13. The summed E-state index contributed by atoms with van der Waals surface area (Å²) in [6.45, 7) is 1.91. The third-order valence-corrected chi connectivity index (χ3v) is 5.15. The van der Waals surface area contributed by atoms with Gasteiger partial charge in [-0.25, -0.2) is 8.42 Å². The molecule has 0 saturated heterocycles. The Hall–Kier alpha value is -1.43. The van der Waals surface area contributed by atoms with Gasteiger partial charge in [0.05, 0.1) is 10.6 Å². The number of aromatic hydroxyl groups is 1. The molecule has 2 rings (SSSR count). The average molecular weight is 346 g/mol. The first-order chi connectivity index (χ1) is 9.84. The van der Waals surface area contributed by atoms with E-state index in [4.69, 9.17) is 23.2 Å². The van der Waals surface area contributed by atoms with Crippen LogP contribution in [-0.2, 0) is 10.0 Å². The molecule has 2 aromatic rings. The minimum Gasteiger partial charge on any atom is -0.508 e. The Labute approximate surface area is 133 Å². The standard InChI is InChI=1S/C14H13Cl2NO3S/c1-2-17(12-4-3-5-13(18)9-12)21(19,20)14-7-10(15)6-11(16)8-14/h3-9,18H,2H2,1H3. The van der Waals surface area contributed by atoms with Gasteiger partial charge in [0.2, 0.25) is 0 Å². The monoisotopic (exact) mass is 345 g/mol. The Morgan fingerprint density at radius 2 is 1.71 bits per heavy atom. The molecule has 1 N–H and O–H groups in total. The highest BCUT2D eigenvalue weighted by Crippen LogP contribution is 2.29. The summed E-state index contributed by atoms with van der Waals surface area (Å²) in [6.07, 6.45) is 0. The van der Waals surface area contributed by atoms with E-state index < -0.39 is 10.0 Å². The molecule has 0 saturated carbocycles. The topological polar surface area (TPSA) is 57.6 Å². The van der Waals surface area contributed by atoms with Crippen LogP contribution in [0.1, 0.15) is 6.92 Å². The maximum Gasteiger partial charge on any atom is 0.264 e. The van der Waals surface area contributed by atoms with Crippen molar-refractivity contribution >= 4 is 38.9 Å². The average Bonchev–Trinajstić information content (AvgIpc) is 2.38. The molecule has 0 amide bonds. The van der Waals surface area contributed by atoms with Crippen LogP contribution in [0.4, 0.5) is 5.69 Å². The van der Waals surface area contributed by atoms with Crippen molar-refractivity contribution in [2.75, 3.05) is 10.8 Å². The fourth-order valence-electron chi connectivity index (χ4n) is 1.94. The van der Waals surface area contributed by atoms with E-state index in [-0.39, 0.29) is 27.2 Å². The van der Waals surface area contributed by atoms with Crippen molar-refractivity contribution in [3.05, 3.63) is 52.5 Å². The third kappa shape index (κ3) is 3.43. The van der Waals surface area contributed by atoms with Crippen LogP contribution in [0.25, 0.3) is 0 Å². The van der Waals surface area contributed by atoms with Crippen LogP contribution in [-0.4, -0.2) is 20.1 Å². The third-order valence-electron chi connectivity index (χ3n) is 2.83. The van der Waals surface area contributed by atoms with Crippen molar-refractivity contribution in [1.29, 1.82) is 0 Å². The summed E-state index contributed by atoms with van der Waals surface area (Å²) in [5.41, 5.74) is 0.369. The van der Waals surface area contributed by atoms with E-state index in [0.717, 1.165) is 0 Å². The summed E-state index contributed by atoms with van der Waals surface area (Å²) < 4.78 is 26.6. The van der Waals surface area contributed by atoms with Gasteiger partial charge in [0.15, 0.2) is 0 Å². The molecule has 4 nitrogen and oxygen atoms in total. The number of halogens is 2. The zero-order chi connectivity index (χ0) is 15.6. The van der Waals surface area contributed by atoms with Gasteiger partial charge < -0.3 is 5.11 Å². The lowest BCUT2D eigenvalue weighted by molar-refractivity contribution is 0.475. The van der Waals surface area contributed by atoms with Gasteiger partial charge in [0.1, 0.15) is 5.75 Å². The largest absolute Gasteiger partial charge is 0.508 e. The molecule has 0 spiro atoms. The van der Waals surface area contributed by atoms with Crippen molar-refractivity contribution < 1.29 is 13.5 Å². The molecular formula is C14H13Cl2NO3S. The molecule has 0 unspecified atom stereocenters. The molecule has 0 heterocycles. The second-order valence-electron chi connectivity index (χ2n) is 4.29. The first kappa shape index (κ1) is 15.9. The number of rotatable bonds is 4. The van der Waals surface area contributed by atoms with Crippen LogP contribution in [0.3, 0.4) is 0 Å². The Bertz CT molecular complexity index is 742. The second-order valence-corrected chi connectivity index (χ2v) is 7.03. The summed E-state index contributed by atoms with van der Waals surface area (Å²) in [5, 5.41) is 10.0.